The predicted octanol–water partition coefficient (Wildman–Crippen LogP) is 10.4. The molecule has 2 aliphatic rings. The zero-order valence-corrected chi connectivity index (χ0v) is 46.8. The Balaban J connectivity index is 1.77. The minimum atomic E-state index is -1.79. The topological polar surface area (TPSA) is 228 Å². The van der Waals surface area contributed by atoms with Gasteiger partial charge in [-0.25, -0.2) is 0 Å². The fraction of sp³-hybridized carbons (Fsp3) is 0.917. The summed E-state index contributed by atoms with van der Waals surface area (Å²) < 4.78 is 22.8. The van der Waals surface area contributed by atoms with Gasteiger partial charge in [0.25, 0.3) is 0 Å². The van der Waals surface area contributed by atoms with Gasteiger partial charge in [-0.3, -0.25) is 4.79 Å². The maximum Gasteiger partial charge on any atom is 0.220 e. The Hall–Kier alpha value is -1.53. The van der Waals surface area contributed by atoms with Crippen molar-refractivity contribution in [2.45, 2.75) is 331 Å². The van der Waals surface area contributed by atoms with Crippen molar-refractivity contribution in [3.8, 4) is 0 Å². The van der Waals surface area contributed by atoms with Crippen LogP contribution in [0.3, 0.4) is 0 Å². The molecule has 14 nitrogen and oxygen atoms in total. The molecule has 2 fully saturated rings. The number of aliphatic hydroxyl groups excluding tert-OH is 8. The molecule has 0 aromatic rings. The fourth-order valence-electron chi connectivity index (χ4n) is 10.2. The Morgan fingerprint density at radius 1 is 0.473 bits per heavy atom. The largest absolute Gasteiger partial charge is 0.394 e. The maximum atomic E-state index is 13.3. The van der Waals surface area contributed by atoms with Crippen molar-refractivity contribution in [1.82, 2.24) is 5.32 Å². The first-order chi connectivity index (χ1) is 36.1. The van der Waals surface area contributed by atoms with Crippen LogP contribution in [0, 0.1) is 0 Å². The number of hydrogen-bond donors (Lipinski definition) is 9. The molecule has 0 aromatic heterocycles. The summed E-state index contributed by atoms with van der Waals surface area (Å²) in [5.41, 5.74) is 0. The van der Waals surface area contributed by atoms with E-state index in [1.165, 1.54) is 193 Å². The monoisotopic (exact) mass is 1060 g/mol. The van der Waals surface area contributed by atoms with Crippen LogP contribution >= 0.6 is 0 Å². The summed E-state index contributed by atoms with van der Waals surface area (Å²) >= 11 is 0. The number of ether oxygens (including phenoxy) is 4. The second-order valence-electron chi connectivity index (χ2n) is 21.8. The Morgan fingerprint density at radius 3 is 1.32 bits per heavy atom. The lowest BCUT2D eigenvalue weighted by Gasteiger charge is -2.46. The molecule has 0 saturated carbocycles. The summed E-state index contributed by atoms with van der Waals surface area (Å²) in [7, 11) is 0. The highest BCUT2D eigenvalue weighted by molar-refractivity contribution is 5.76. The van der Waals surface area contributed by atoms with Gasteiger partial charge < -0.3 is 65.1 Å². The Bertz CT molecular complexity index is 1340. The fourth-order valence-corrected chi connectivity index (χ4v) is 10.2. The van der Waals surface area contributed by atoms with E-state index in [9.17, 15) is 45.6 Å². The van der Waals surface area contributed by atoms with Gasteiger partial charge in [0, 0.05) is 6.42 Å². The van der Waals surface area contributed by atoms with Gasteiger partial charge in [0.15, 0.2) is 12.6 Å². The highest BCUT2D eigenvalue weighted by Crippen LogP contribution is 2.30. The Kier molecular flexibility index (Phi) is 43.0. The molecule has 0 aromatic carbocycles. The van der Waals surface area contributed by atoms with Gasteiger partial charge in [0.1, 0.15) is 48.8 Å². The molecule has 2 aliphatic heterocycles. The van der Waals surface area contributed by atoms with Crippen LogP contribution in [0.15, 0.2) is 24.3 Å². The average molecular weight is 1060 g/mol. The van der Waals surface area contributed by atoms with Crippen LogP contribution in [0.4, 0.5) is 0 Å². The van der Waals surface area contributed by atoms with Crippen LogP contribution in [0.25, 0.3) is 0 Å². The van der Waals surface area contributed by atoms with Crippen molar-refractivity contribution >= 4 is 5.91 Å². The van der Waals surface area contributed by atoms with Crippen LogP contribution < -0.4 is 5.32 Å². The molecule has 14 heteroatoms. The molecular formula is C60H113NO13. The highest BCUT2D eigenvalue weighted by Gasteiger charge is 2.51. The second-order valence-corrected chi connectivity index (χ2v) is 21.8. The summed E-state index contributed by atoms with van der Waals surface area (Å²) in [5.74, 6) is -0.245. The molecule has 0 radical (unpaired) electrons. The summed E-state index contributed by atoms with van der Waals surface area (Å²) in [6.07, 6.45) is 37.9. The quantitative estimate of drug-likeness (QED) is 0.0204. The van der Waals surface area contributed by atoms with Gasteiger partial charge in [0.2, 0.25) is 5.91 Å². The average Bonchev–Trinajstić information content (AvgIpc) is 3.40. The van der Waals surface area contributed by atoms with Gasteiger partial charge in [-0.1, -0.05) is 244 Å². The number of carbonyl (C=O) groups excluding carboxylic acids is 1. The Labute approximate surface area is 449 Å². The lowest BCUT2D eigenvalue weighted by molar-refractivity contribution is -0.359. The first-order valence-electron chi connectivity index (χ1n) is 30.6. The van der Waals surface area contributed by atoms with Gasteiger partial charge in [-0.2, -0.15) is 0 Å². The summed E-state index contributed by atoms with van der Waals surface area (Å²) in [6, 6.07) is -0.927. The molecule has 12 unspecified atom stereocenters. The molecule has 2 heterocycles. The summed E-state index contributed by atoms with van der Waals surface area (Å²) in [5, 5.41) is 87.1. The second kappa shape index (κ2) is 46.4. The number of nitrogens with one attached hydrogen (secondary N) is 1. The van der Waals surface area contributed by atoms with Gasteiger partial charge in [-0.15, -0.1) is 0 Å². The molecule has 1 amide bonds. The van der Waals surface area contributed by atoms with Gasteiger partial charge in [0.05, 0.1) is 32.0 Å². The first kappa shape index (κ1) is 68.6. The molecule has 74 heavy (non-hydrogen) atoms. The molecule has 2 rings (SSSR count). The number of allylic oxidation sites excluding steroid dienone is 3. The smallest absolute Gasteiger partial charge is 0.220 e. The summed E-state index contributed by atoms with van der Waals surface area (Å²) in [6.45, 7) is 2.81. The maximum absolute atomic E-state index is 13.3. The number of rotatable bonds is 49. The van der Waals surface area contributed by atoms with E-state index in [4.69, 9.17) is 18.9 Å². The van der Waals surface area contributed by atoms with Crippen molar-refractivity contribution in [2.75, 3.05) is 19.8 Å². The molecular weight excluding hydrogens is 943 g/mol. The van der Waals surface area contributed by atoms with E-state index in [1.807, 2.05) is 6.08 Å². The third-order valence-corrected chi connectivity index (χ3v) is 15.1. The number of unbranched alkanes of at least 4 members (excludes halogenated alkanes) is 34. The number of hydrogen-bond acceptors (Lipinski definition) is 13. The summed E-state index contributed by atoms with van der Waals surface area (Å²) in [4.78, 5) is 13.3. The lowest BCUT2D eigenvalue weighted by Crippen LogP contribution is -2.65. The molecule has 9 N–H and O–H groups in total. The number of aliphatic hydroxyl groups is 8. The third kappa shape index (κ3) is 31.8. The van der Waals surface area contributed by atoms with E-state index in [2.05, 4.69) is 31.3 Å². The number of carbonyl (C=O) groups is 1. The molecule has 0 bridgehead atoms. The van der Waals surface area contributed by atoms with Gasteiger partial charge in [-0.05, 0) is 32.1 Å². The van der Waals surface area contributed by atoms with Gasteiger partial charge >= 0.3 is 0 Å². The van der Waals surface area contributed by atoms with E-state index >= 15 is 0 Å². The van der Waals surface area contributed by atoms with E-state index in [-0.39, 0.29) is 18.9 Å². The van der Waals surface area contributed by atoms with Crippen LogP contribution in [0.2, 0.25) is 0 Å². The lowest BCUT2D eigenvalue weighted by atomic mass is 9.97. The van der Waals surface area contributed by atoms with Crippen molar-refractivity contribution in [1.29, 1.82) is 0 Å². The molecule has 0 spiro atoms. The van der Waals surface area contributed by atoms with Crippen LogP contribution in [0.1, 0.15) is 258 Å². The normalized spacial score (nSPS) is 25.3. The Morgan fingerprint density at radius 2 is 0.865 bits per heavy atom. The van der Waals surface area contributed by atoms with Crippen LogP contribution in [-0.4, -0.2) is 140 Å². The van der Waals surface area contributed by atoms with Crippen molar-refractivity contribution in [2.24, 2.45) is 0 Å². The molecule has 12 atom stereocenters. The highest BCUT2D eigenvalue weighted by atomic mass is 16.7. The van der Waals surface area contributed by atoms with E-state index < -0.39 is 86.8 Å². The SMILES string of the molecule is CCCCCCCCCCCCCCCCCC/C=C/CC/C=C/C(O)C(COC1OC(CO)C(OC2OC(CO)C(O)C(O)C2O)C(O)C1O)NC(=O)CCCCCCCCCCCCCCCCCCCC. The zero-order valence-electron chi connectivity index (χ0n) is 46.8. The molecule has 0 aliphatic carbocycles. The molecule has 436 valence electrons. The number of amides is 1. The van der Waals surface area contributed by atoms with Crippen molar-refractivity contribution < 1.29 is 64.6 Å². The molecule has 2 saturated heterocycles. The van der Waals surface area contributed by atoms with Crippen molar-refractivity contribution in [3.05, 3.63) is 24.3 Å². The van der Waals surface area contributed by atoms with E-state index in [1.54, 1.807) is 6.08 Å². The van der Waals surface area contributed by atoms with Crippen molar-refractivity contribution in [3.63, 3.8) is 0 Å². The zero-order chi connectivity index (χ0) is 53.9. The predicted molar refractivity (Wildman–Crippen MR) is 295 cm³/mol. The van der Waals surface area contributed by atoms with E-state index in [0.29, 0.717) is 12.8 Å². The van der Waals surface area contributed by atoms with Crippen LogP contribution in [0.5, 0.6) is 0 Å². The minimum absolute atomic E-state index is 0.245. The standard InChI is InChI=1S/C60H113NO13/c1-3-5-7-9-11-13-15-17-19-21-23-24-25-26-27-29-31-33-35-37-39-41-43-49(64)48(61-52(65)44-42-40-38-36-34-32-30-28-22-20-18-16-14-12-10-8-6-4-2)47-71-59-57(70)55(68)58(51(46-63)73-59)74-60-56(69)54(67)53(66)50(45-62)72-60/h33,35,41,43,48-51,53-60,62-64,66-70H,3-32,34,36-40,42,44-47H2,1-2H3,(H,61,65)/b35-33+,43-41+. The minimum Gasteiger partial charge on any atom is -0.394 e. The van der Waals surface area contributed by atoms with Crippen LogP contribution in [-0.2, 0) is 23.7 Å². The third-order valence-electron chi connectivity index (χ3n) is 15.1. The first-order valence-corrected chi connectivity index (χ1v) is 30.6. The van der Waals surface area contributed by atoms with E-state index in [0.717, 1.165) is 32.1 Å².